The summed E-state index contributed by atoms with van der Waals surface area (Å²) in [6, 6.07) is 7.94. The summed E-state index contributed by atoms with van der Waals surface area (Å²) in [6.07, 6.45) is 0.831. The van der Waals surface area contributed by atoms with E-state index in [1.807, 2.05) is 24.3 Å². The predicted octanol–water partition coefficient (Wildman–Crippen LogP) is 2.63. The number of benzene rings is 1. The maximum atomic E-state index is 5.57. The Morgan fingerprint density at radius 3 is 2.82 bits per heavy atom. The van der Waals surface area contributed by atoms with Gasteiger partial charge >= 0.3 is 0 Å². The third-order valence-electron chi connectivity index (χ3n) is 2.61. The van der Waals surface area contributed by atoms with Crippen molar-refractivity contribution in [3.05, 3.63) is 34.8 Å². The van der Waals surface area contributed by atoms with E-state index < -0.39 is 0 Å². The predicted molar refractivity (Wildman–Crippen MR) is 71.6 cm³/mol. The van der Waals surface area contributed by atoms with Crippen molar-refractivity contribution in [2.24, 2.45) is 5.73 Å². The molecule has 1 aromatic carbocycles. The van der Waals surface area contributed by atoms with Gasteiger partial charge in [0.15, 0.2) is 0 Å². The van der Waals surface area contributed by atoms with Crippen LogP contribution in [-0.4, -0.2) is 18.6 Å². The first kappa shape index (κ1) is 12.1. The summed E-state index contributed by atoms with van der Waals surface area (Å²) in [7, 11) is 1.68. The van der Waals surface area contributed by atoms with Crippen LogP contribution in [0, 0.1) is 6.92 Å². The molecule has 17 heavy (non-hydrogen) atoms. The lowest BCUT2D eigenvalue weighted by atomic mass is 10.2. The molecule has 0 unspecified atom stereocenters. The highest BCUT2D eigenvalue weighted by atomic mass is 32.1. The largest absolute Gasteiger partial charge is 0.496 e. The van der Waals surface area contributed by atoms with Crippen molar-refractivity contribution in [3.63, 3.8) is 0 Å². The lowest BCUT2D eigenvalue weighted by Gasteiger charge is -2.04. The molecule has 2 rings (SSSR count). The summed E-state index contributed by atoms with van der Waals surface area (Å²) < 4.78 is 5.35. The van der Waals surface area contributed by atoms with E-state index in [0.717, 1.165) is 28.4 Å². The minimum Gasteiger partial charge on any atom is -0.496 e. The number of thiazole rings is 1. The monoisotopic (exact) mass is 248 g/mol. The summed E-state index contributed by atoms with van der Waals surface area (Å²) in [4.78, 5) is 5.87. The quantitative estimate of drug-likeness (QED) is 0.904. The molecule has 2 N–H and O–H groups in total. The number of aromatic nitrogens is 1. The van der Waals surface area contributed by atoms with Crippen LogP contribution >= 0.6 is 11.3 Å². The first-order valence-electron chi connectivity index (χ1n) is 5.56. The SMILES string of the molecule is COc1ccccc1-c1nc(CCN)c(C)s1. The van der Waals surface area contributed by atoms with E-state index in [9.17, 15) is 0 Å². The van der Waals surface area contributed by atoms with Crippen LogP contribution in [0.15, 0.2) is 24.3 Å². The highest BCUT2D eigenvalue weighted by Crippen LogP contribution is 2.33. The minimum absolute atomic E-state index is 0.635. The fourth-order valence-corrected chi connectivity index (χ4v) is 2.72. The van der Waals surface area contributed by atoms with Crippen molar-refractivity contribution >= 4 is 11.3 Å². The third-order valence-corrected chi connectivity index (χ3v) is 3.66. The molecule has 4 heteroatoms. The molecule has 3 nitrogen and oxygen atoms in total. The molecule has 90 valence electrons. The number of methoxy groups -OCH3 is 1. The van der Waals surface area contributed by atoms with E-state index in [-0.39, 0.29) is 0 Å². The maximum absolute atomic E-state index is 5.57. The number of ether oxygens (including phenoxy) is 1. The molecule has 1 aromatic heterocycles. The molecule has 0 saturated carbocycles. The Kier molecular flexibility index (Phi) is 3.76. The van der Waals surface area contributed by atoms with Crippen molar-refractivity contribution in [1.82, 2.24) is 4.98 Å². The number of aryl methyl sites for hydroxylation is 1. The Labute approximate surface area is 105 Å². The smallest absolute Gasteiger partial charge is 0.129 e. The Balaban J connectivity index is 2.42. The summed E-state index contributed by atoms with van der Waals surface area (Å²) in [6.45, 7) is 2.72. The van der Waals surface area contributed by atoms with Gasteiger partial charge in [-0.2, -0.15) is 0 Å². The minimum atomic E-state index is 0.635. The van der Waals surface area contributed by atoms with Crippen molar-refractivity contribution in [2.45, 2.75) is 13.3 Å². The third kappa shape index (κ3) is 2.48. The van der Waals surface area contributed by atoms with Gasteiger partial charge in [-0.1, -0.05) is 12.1 Å². The highest BCUT2D eigenvalue weighted by molar-refractivity contribution is 7.15. The van der Waals surface area contributed by atoms with Gasteiger partial charge in [-0.05, 0) is 25.6 Å². The topological polar surface area (TPSA) is 48.1 Å². The van der Waals surface area contributed by atoms with Gasteiger partial charge in [-0.15, -0.1) is 11.3 Å². The van der Waals surface area contributed by atoms with Crippen LogP contribution in [0.3, 0.4) is 0 Å². The Morgan fingerprint density at radius 2 is 2.12 bits per heavy atom. The molecule has 0 amide bonds. The molecule has 0 saturated heterocycles. The van der Waals surface area contributed by atoms with E-state index in [1.165, 1.54) is 4.88 Å². The van der Waals surface area contributed by atoms with E-state index >= 15 is 0 Å². The zero-order valence-electron chi connectivity index (χ0n) is 10.1. The van der Waals surface area contributed by atoms with Gasteiger partial charge in [-0.3, -0.25) is 0 Å². The highest BCUT2D eigenvalue weighted by Gasteiger charge is 2.12. The van der Waals surface area contributed by atoms with E-state index in [4.69, 9.17) is 10.5 Å². The molecule has 0 aliphatic carbocycles. The average Bonchev–Trinajstić information content (AvgIpc) is 2.71. The van der Waals surface area contributed by atoms with E-state index in [1.54, 1.807) is 18.4 Å². The molecular formula is C13H16N2OS. The molecule has 2 aromatic rings. The van der Waals surface area contributed by atoms with Gasteiger partial charge in [0.1, 0.15) is 10.8 Å². The van der Waals surface area contributed by atoms with Crippen LogP contribution in [0.1, 0.15) is 10.6 Å². The van der Waals surface area contributed by atoms with Crippen LogP contribution in [0.4, 0.5) is 0 Å². The van der Waals surface area contributed by atoms with Crippen molar-refractivity contribution < 1.29 is 4.74 Å². The summed E-state index contributed by atoms with van der Waals surface area (Å²) in [5.74, 6) is 0.862. The van der Waals surface area contributed by atoms with Crippen molar-refractivity contribution in [2.75, 3.05) is 13.7 Å². The molecular weight excluding hydrogens is 232 g/mol. The molecule has 0 aliphatic rings. The lowest BCUT2D eigenvalue weighted by molar-refractivity contribution is 0.416. The zero-order chi connectivity index (χ0) is 12.3. The molecule has 0 atom stereocenters. The van der Waals surface area contributed by atoms with Crippen LogP contribution < -0.4 is 10.5 Å². The molecule has 1 heterocycles. The number of para-hydroxylation sites is 1. The van der Waals surface area contributed by atoms with E-state index in [0.29, 0.717) is 6.54 Å². The fraction of sp³-hybridized carbons (Fsp3) is 0.308. The van der Waals surface area contributed by atoms with Gasteiger partial charge < -0.3 is 10.5 Å². The summed E-state index contributed by atoms with van der Waals surface area (Å²) in [5.41, 5.74) is 7.72. The van der Waals surface area contributed by atoms with E-state index in [2.05, 4.69) is 11.9 Å². The number of nitrogens with zero attached hydrogens (tertiary/aromatic N) is 1. The van der Waals surface area contributed by atoms with Gasteiger partial charge in [0.2, 0.25) is 0 Å². The second kappa shape index (κ2) is 5.29. The molecule has 0 aliphatic heterocycles. The second-order valence-electron chi connectivity index (χ2n) is 3.76. The number of hydrogen-bond acceptors (Lipinski definition) is 4. The number of rotatable bonds is 4. The Bertz CT molecular complexity index is 508. The first-order valence-corrected chi connectivity index (χ1v) is 6.37. The average molecular weight is 248 g/mol. The summed E-state index contributed by atoms with van der Waals surface area (Å²) in [5, 5.41) is 1.00. The molecule has 0 bridgehead atoms. The number of hydrogen-bond donors (Lipinski definition) is 1. The van der Waals surface area contributed by atoms with Crippen molar-refractivity contribution in [3.8, 4) is 16.3 Å². The van der Waals surface area contributed by atoms with Gasteiger partial charge in [0, 0.05) is 11.3 Å². The lowest BCUT2D eigenvalue weighted by Crippen LogP contribution is -2.03. The zero-order valence-corrected chi connectivity index (χ0v) is 10.9. The maximum Gasteiger partial charge on any atom is 0.129 e. The first-order chi connectivity index (χ1) is 8.26. The standard InChI is InChI=1S/C13H16N2OS/c1-9-11(7-8-14)15-13(17-9)10-5-3-4-6-12(10)16-2/h3-6H,7-8,14H2,1-2H3. The Morgan fingerprint density at radius 1 is 1.35 bits per heavy atom. The second-order valence-corrected chi connectivity index (χ2v) is 4.96. The van der Waals surface area contributed by atoms with Gasteiger partial charge in [0.05, 0.1) is 18.4 Å². The van der Waals surface area contributed by atoms with Gasteiger partial charge in [-0.25, -0.2) is 4.98 Å². The number of nitrogens with two attached hydrogens (primary N) is 1. The summed E-state index contributed by atoms with van der Waals surface area (Å²) >= 11 is 1.69. The molecule has 0 fully saturated rings. The normalized spacial score (nSPS) is 10.5. The van der Waals surface area contributed by atoms with Crippen molar-refractivity contribution in [1.29, 1.82) is 0 Å². The molecule has 0 radical (unpaired) electrons. The van der Waals surface area contributed by atoms with Crippen LogP contribution in [0.5, 0.6) is 5.75 Å². The Hall–Kier alpha value is -1.39. The van der Waals surface area contributed by atoms with Gasteiger partial charge in [0.25, 0.3) is 0 Å². The van der Waals surface area contributed by atoms with Crippen LogP contribution in [-0.2, 0) is 6.42 Å². The van der Waals surface area contributed by atoms with Crippen LogP contribution in [0.25, 0.3) is 10.6 Å². The fourth-order valence-electron chi connectivity index (χ4n) is 1.73. The van der Waals surface area contributed by atoms with Crippen LogP contribution in [0.2, 0.25) is 0 Å². The molecule has 0 spiro atoms.